The lowest BCUT2D eigenvalue weighted by atomic mass is 10.1. The number of hydrogen-bond donors (Lipinski definition) is 2. The van der Waals surface area contributed by atoms with Crippen molar-refractivity contribution in [1.29, 1.82) is 0 Å². The maximum absolute atomic E-state index is 12.3. The van der Waals surface area contributed by atoms with Crippen LogP contribution < -0.4 is 0 Å². The van der Waals surface area contributed by atoms with E-state index in [2.05, 4.69) is 4.98 Å². The maximum atomic E-state index is 12.3. The molecule has 1 aliphatic rings. The minimum absolute atomic E-state index is 0.239. The second kappa shape index (κ2) is 8.90. The highest BCUT2D eigenvalue weighted by Crippen LogP contribution is 2.24. The molecule has 2 amide bonds. The summed E-state index contributed by atoms with van der Waals surface area (Å²) in [4.78, 5) is 42.2. The summed E-state index contributed by atoms with van der Waals surface area (Å²) in [5, 5.41) is 9.79. The Kier molecular flexibility index (Phi) is 6.84. The Labute approximate surface area is 158 Å². The molecule has 0 bridgehead atoms. The molecular formula is C18H27N3O6. The van der Waals surface area contributed by atoms with Gasteiger partial charge in [0.25, 0.3) is 5.91 Å². The van der Waals surface area contributed by atoms with Gasteiger partial charge in [0.05, 0.1) is 12.7 Å². The highest BCUT2D eigenvalue weighted by molar-refractivity contribution is 5.91. The standard InChI is InChI=1S/C18H27N3O6/c1-5-26-18(25)21-8-6-20(7-9-21)14(23)10-27-17(24)16-11(2)15(13(4)22)12(3)19-16/h13,19,22H,5-10H2,1-4H3/t13-/m0/s1. The Morgan fingerprint density at radius 3 is 2.22 bits per heavy atom. The van der Waals surface area contributed by atoms with Gasteiger partial charge in [-0.1, -0.05) is 0 Å². The normalized spacial score (nSPS) is 15.4. The lowest BCUT2D eigenvalue weighted by Gasteiger charge is -2.33. The summed E-state index contributed by atoms with van der Waals surface area (Å²) in [6, 6.07) is 0. The summed E-state index contributed by atoms with van der Waals surface area (Å²) < 4.78 is 10.1. The quantitative estimate of drug-likeness (QED) is 0.740. The summed E-state index contributed by atoms with van der Waals surface area (Å²) in [5.74, 6) is -0.954. The molecule has 0 saturated carbocycles. The molecule has 0 spiro atoms. The van der Waals surface area contributed by atoms with E-state index in [-0.39, 0.29) is 24.3 Å². The van der Waals surface area contributed by atoms with Crippen LogP contribution in [0.3, 0.4) is 0 Å². The number of H-pyrrole nitrogens is 1. The Hall–Kier alpha value is -2.55. The van der Waals surface area contributed by atoms with Crippen molar-refractivity contribution in [3.8, 4) is 0 Å². The van der Waals surface area contributed by atoms with Gasteiger partial charge >= 0.3 is 12.1 Å². The number of nitrogens with one attached hydrogen (secondary N) is 1. The minimum atomic E-state index is -0.708. The van der Waals surface area contributed by atoms with Crippen LogP contribution in [0.25, 0.3) is 0 Å². The minimum Gasteiger partial charge on any atom is -0.451 e. The van der Waals surface area contributed by atoms with Crippen LogP contribution in [-0.4, -0.2) is 77.3 Å². The average Bonchev–Trinajstić information content (AvgIpc) is 2.94. The third kappa shape index (κ3) is 4.79. The van der Waals surface area contributed by atoms with E-state index in [1.54, 1.807) is 37.5 Å². The van der Waals surface area contributed by atoms with Gasteiger partial charge in [0, 0.05) is 37.4 Å². The molecule has 150 valence electrons. The molecule has 1 atom stereocenters. The van der Waals surface area contributed by atoms with E-state index < -0.39 is 12.1 Å². The van der Waals surface area contributed by atoms with Crippen LogP contribution in [0.5, 0.6) is 0 Å². The van der Waals surface area contributed by atoms with Crippen molar-refractivity contribution >= 4 is 18.0 Å². The van der Waals surface area contributed by atoms with Gasteiger partial charge in [0.2, 0.25) is 0 Å². The molecule has 2 N–H and O–H groups in total. The third-order valence-corrected chi connectivity index (χ3v) is 4.60. The second-order valence-corrected chi connectivity index (χ2v) is 6.48. The van der Waals surface area contributed by atoms with Crippen LogP contribution in [0, 0.1) is 13.8 Å². The van der Waals surface area contributed by atoms with Gasteiger partial charge in [0.1, 0.15) is 5.69 Å². The molecule has 1 aliphatic heterocycles. The number of piperazine rings is 1. The first kappa shape index (κ1) is 20.8. The van der Waals surface area contributed by atoms with Crippen LogP contribution in [0.1, 0.15) is 47.3 Å². The molecule has 2 heterocycles. The van der Waals surface area contributed by atoms with Crippen LogP contribution in [0.15, 0.2) is 0 Å². The van der Waals surface area contributed by atoms with E-state index in [0.717, 1.165) is 0 Å². The number of aliphatic hydroxyl groups excluding tert-OH is 1. The maximum Gasteiger partial charge on any atom is 0.409 e. The Morgan fingerprint density at radius 2 is 1.70 bits per heavy atom. The van der Waals surface area contributed by atoms with Gasteiger partial charge in [-0.05, 0) is 33.3 Å². The van der Waals surface area contributed by atoms with Gasteiger partial charge in [-0.3, -0.25) is 4.79 Å². The number of hydrogen-bond acceptors (Lipinski definition) is 6. The number of aliphatic hydroxyl groups is 1. The number of aryl methyl sites for hydroxylation is 1. The zero-order valence-electron chi connectivity index (χ0n) is 16.2. The van der Waals surface area contributed by atoms with Gasteiger partial charge < -0.3 is 29.4 Å². The lowest BCUT2D eigenvalue weighted by Crippen LogP contribution is -2.51. The molecule has 0 aromatic carbocycles. The third-order valence-electron chi connectivity index (χ3n) is 4.60. The summed E-state index contributed by atoms with van der Waals surface area (Å²) in [7, 11) is 0. The van der Waals surface area contributed by atoms with E-state index in [1.165, 1.54) is 0 Å². The van der Waals surface area contributed by atoms with Crippen LogP contribution in [-0.2, 0) is 14.3 Å². The van der Waals surface area contributed by atoms with Crippen molar-refractivity contribution in [3.05, 3.63) is 22.5 Å². The van der Waals surface area contributed by atoms with Gasteiger partial charge in [0.15, 0.2) is 6.61 Å². The van der Waals surface area contributed by atoms with E-state index in [0.29, 0.717) is 49.6 Å². The zero-order chi connectivity index (χ0) is 20.1. The van der Waals surface area contributed by atoms with Gasteiger partial charge in [-0.15, -0.1) is 0 Å². The predicted octanol–water partition coefficient (Wildman–Crippen LogP) is 1.14. The molecule has 0 aliphatic carbocycles. The number of aromatic amines is 1. The smallest absolute Gasteiger partial charge is 0.409 e. The monoisotopic (exact) mass is 381 g/mol. The molecule has 0 unspecified atom stereocenters. The first-order valence-corrected chi connectivity index (χ1v) is 8.99. The number of esters is 1. The molecule has 1 aromatic rings. The Balaban J connectivity index is 1.87. The largest absolute Gasteiger partial charge is 0.451 e. The van der Waals surface area contributed by atoms with E-state index in [1.807, 2.05) is 0 Å². The molecule has 0 radical (unpaired) electrons. The van der Waals surface area contributed by atoms with Crippen molar-refractivity contribution in [2.24, 2.45) is 0 Å². The van der Waals surface area contributed by atoms with Crippen LogP contribution in [0.4, 0.5) is 4.79 Å². The molecule has 9 nitrogen and oxygen atoms in total. The van der Waals surface area contributed by atoms with E-state index in [4.69, 9.17) is 9.47 Å². The fourth-order valence-electron chi connectivity index (χ4n) is 3.24. The summed E-state index contributed by atoms with van der Waals surface area (Å²) in [6.07, 6.45) is -1.09. The molecule has 9 heteroatoms. The number of aromatic nitrogens is 1. The number of nitrogens with zero attached hydrogens (tertiary/aromatic N) is 2. The fraction of sp³-hybridized carbons (Fsp3) is 0.611. The fourth-order valence-corrected chi connectivity index (χ4v) is 3.24. The first-order valence-electron chi connectivity index (χ1n) is 8.99. The predicted molar refractivity (Wildman–Crippen MR) is 96.4 cm³/mol. The molecule has 27 heavy (non-hydrogen) atoms. The van der Waals surface area contributed by atoms with Crippen molar-refractivity contribution in [2.45, 2.75) is 33.8 Å². The number of ether oxygens (including phenoxy) is 2. The average molecular weight is 381 g/mol. The van der Waals surface area contributed by atoms with Gasteiger partial charge in [-0.2, -0.15) is 0 Å². The second-order valence-electron chi connectivity index (χ2n) is 6.48. The molecular weight excluding hydrogens is 354 g/mol. The first-order chi connectivity index (χ1) is 12.8. The van der Waals surface area contributed by atoms with Crippen LogP contribution >= 0.6 is 0 Å². The Bertz CT molecular complexity index is 704. The number of rotatable bonds is 5. The highest BCUT2D eigenvalue weighted by atomic mass is 16.6. The van der Waals surface area contributed by atoms with Crippen molar-refractivity contribution < 1.29 is 29.0 Å². The van der Waals surface area contributed by atoms with E-state index in [9.17, 15) is 19.5 Å². The molecule has 1 fully saturated rings. The highest BCUT2D eigenvalue weighted by Gasteiger charge is 2.26. The van der Waals surface area contributed by atoms with Crippen molar-refractivity contribution in [2.75, 3.05) is 39.4 Å². The van der Waals surface area contributed by atoms with Gasteiger partial charge in [-0.25, -0.2) is 9.59 Å². The molecule has 1 aromatic heterocycles. The van der Waals surface area contributed by atoms with E-state index >= 15 is 0 Å². The number of amides is 2. The Morgan fingerprint density at radius 1 is 1.11 bits per heavy atom. The summed E-state index contributed by atoms with van der Waals surface area (Å²) in [6.45, 7) is 8.27. The lowest BCUT2D eigenvalue weighted by molar-refractivity contribution is -0.136. The topological polar surface area (TPSA) is 112 Å². The van der Waals surface area contributed by atoms with Crippen molar-refractivity contribution in [1.82, 2.24) is 14.8 Å². The molecule has 1 saturated heterocycles. The summed E-state index contributed by atoms with van der Waals surface area (Å²) >= 11 is 0. The van der Waals surface area contributed by atoms with Crippen LogP contribution in [0.2, 0.25) is 0 Å². The van der Waals surface area contributed by atoms with Crippen molar-refractivity contribution in [3.63, 3.8) is 0 Å². The molecule has 2 rings (SSSR count). The number of carbonyl (C=O) groups is 3. The summed E-state index contributed by atoms with van der Waals surface area (Å²) in [5.41, 5.74) is 2.20. The zero-order valence-corrected chi connectivity index (χ0v) is 16.2. The number of carbonyl (C=O) groups excluding carboxylic acids is 3. The SMILES string of the molecule is CCOC(=O)N1CCN(C(=O)COC(=O)c2[nH]c(C)c([C@H](C)O)c2C)CC1.